The Kier molecular flexibility index (Phi) is 7.10. The van der Waals surface area contributed by atoms with Crippen LogP contribution in [0.5, 0.6) is 0 Å². The van der Waals surface area contributed by atoms with Crippen LogP contribution in [0.4, 0.5) is 14.6 Å². The van der Waals surface area contributed by atoms with Crippen LogP contribution in [0.3, 0.4) is 0 Å². The van der Waals surface area contributed by atoms with Gasteiger partial charge in [0.2, 0.25) is 0 Å². The van der Waals surface area contributed by atoms with Crippen LogP contribution in [0.15, 0.2) is 54.7 Å². The van der Waals surface area contributed by atoms with Crippen LogP contribution in [0.25, 0.3) is 16.8 Å². The number of carboxylic acids is 1. The summed E-state index contributed by atoms with van der Waals surface area (Å²) in [7, 11) is 0. The van der Waals surface area contributed by atoms with Gasteiger partial charge in [-0.05, 0) is 42.4 Å². The molecule has 9 heteroatoms. The number of nitrogen functional groups attached to an aromatic ring is 1. The van der Waals surface area contributed by atoms with E-state index in [1.807, 2.05) is 51.1 Å². The number of fused-ring (bicyclic) bond motifs is 1. The standard InChI is InChI=1S/C30H31ClF2N4O2/c1-16(2)30(29(38)39)12-11-22(14-30)28-36-24(25-27(34)35-15-23(31)37(25)28)19-9-7-18(8-10-19)17(3)20-5-4-6-21(13-20)26(32)33/h4-10,13,15-17,22,26H,11-12,14H2,1-3H3,(H2,34,35)(H,38,39)/t17-,22+,30-/m0/s1. The van der Waals surface area contributed by atoms with E-state index in [9.17, 15) is 18.7 Å². The van der Waals surface area contributed by atoms with Crippen molar-refractivity contribution in [2.24, 2.45) is 11.3 Å². The highest BCUT2D eigenvalue weighted by molar-refractivity contribution is 6.30. The number of anilines is 1. The molecule has 3 atom stereocenters. The van der Waals surface area contributed by atoms with E-state index in [0.717, 1.165) is 16.7 Å². The van der Waals surface area contributed by atoms with Crippen LogP contribution >= 0.6 is 11.6 Å². The van der Waals surface area contributed by atoms with Gasteiger partial charge in [-0.3, -0.25) is 9.20 Å². The average Bonchev–Trinajstić information content (AvgIpc) is 3.55. The fraction of sp³-hybridized carbons (Fsp3) is 0.367. The van der Waals surface area contributed by atoms with E-state index in [-0.39, 0.29) is 29.1 Å². The van der Waals surface area contributed by atoms with Crippen molar-refractivity contribution in [3.05, 3.63) is 82.4 Å². The van der Waals surface area contributed by atoms with Gasteiger partial charge in [-0.15, -0.1) is 0 Å². The molecule has 2 aromatic carbocycles. The van der Waals surface area contributed by atoms with Gasteiger partial charge < -0.3 is 10.8 Å². The Labute approximate surface area is 230 Å². The molecule has 0 aliphatic heterocycles. The zero-order valence-electron chi connectivity index (χ0n) is 22.0. The summed E-state index contributed by atoms with van der Waals surface area (Å²) in [5.41, 5.74) is 9.30. The van der Waals surface area contributed by atoms with E-state index in [1.165, 1.54) is 12.3 Å². The number of carbonyl (C=O) groups is 1. The van der Waals surface area contributed by atoms with Gasteiger partial charge in [0, 0.05) is 23.0 Å². The lowest BCUT2D eigenvalue weighted by Gasteiger charge is -2.28. The van der Waals surface area contributed by atoms with Crippen molar-refractivity contribution in [2.45, 2.75) is 58.3 Å². The Morgan fingerprint density at radius 1 is 1.13 bits per heavy atom. The van der Waals surface area contributed by atoms with Crippen molar-refractivity contribution in [1.82, 2.24) is 14.4 Å². The molecule has 204 valence electrons. The Morgan fingerprint density at radius 2 is 1.82 bits per heavy atom. The molecule has 0 radical (unpaired) electrons. The molecule has 2 heterocycles. The Hall–Kier alpha value is -3.52. The maximum atomic E-state index is 13.2. The van der Waals surface area contributed by atoms with E-state index in [1.54, 1.807) is 16.5 Å². The van der Waals surface area contributed by atoms with Gasteiger partial charge in [0.05, 0.1) is 11.6 Å². The molecular weight excluding hydrogens is 522 g/mol. The number of benzene rings is 2. The Morgan fingerprint density at radius 3 is 2.44 bits per heavy atom. The minimum atomic E-state index is -2.52. The first kappa shape index (κ1) is 27.1. The molecule has 1 aliphatic carbocycles. The van der Waals surface area contributed by atoms with Crippen LogP contribution in [0.1, 0.15) is 80.8 Å². The molecule has 1 aliphatic rings. The largest absolute Gasteiger partial charge is 0.481 e. The molecule has 3 N–H and O–H groups in total. The maximum Gasteiger partial charge on any atom is 0.309 e. The summed E-state index contributed by atoms with van der Waals surface area (Å²) < 4.78 is 28.2. The van der Waals surface area contributed by atoms with Gasteiger partial charge in [0.1, 0.15) is 28.0 Å². The van der Waals surface area contributed by atoms with Crippen molar-refractivity contribution in [1.29, 1.82) is 0 Å². The lowest BCUT2D eigenvalue weighted by molar-refractivity contribution is -0.151. The van der Waals surface area contributed by atoms with Gasteiger partial charge in [0.25, 0.3) is 6.43 Å². The summed E-state index contributed by atoms with van der Waals surface area (Å²) in [5.74, 6) is -0.0387. The van der Waals surface area contributed by atoms with Crippen molar-refractivity contribution in [3.8, 4) is 11.3 Å². The molecule has 4 aromatic rings. The zero-order chi connectivity index (χ0) is 28.1. The second-order valence-corrected chi connectivity index (χ2v) is 11.2. The van der Waals surface area contributed by atoms with Crippen LogP contribution in [0.2, 0.25) is 5.15 Å². The summed E-state index contributed by atoms with van der Waals surface area (Å²) >= 11 is 6.61. The Balaban J connectivity index is 1.54. The van der Waals surface area contributed by atoms with Crippen molar-refractivity contribution in [2.75, 3.05) is 5.73 Å². The van der Waals surface area contributed by atoms with Gasteiger partial charge in [-0.2, -0.15) is 0 Å². The summed E-state index contributed by atoms with van der Waals surface area (Å²) in [4.78, 5) is 21.5. The monoisotopic (exact) mass is 552 g/mol. The van der Waals surface area contributed by atoms with Crippen molar-refractivity contribution in [3.63, 3.8) is 0 Å². The highest BCUT2D eigenvalue weighted by Crippen LogP contribution is 2.51. The highest BCUT2D eigenvalue weighted by atomic mass is 35.5. The first-order valence-corrected chi connectivity index (χ1v) is 13.5. The minimum Gasteiger partial charge on any atom is -0.481 e. The number of nitrogens with two attached hydrogens (primary N) is 1. The lowest BCUT2D eigenvalue weighted by atomic mass is 9.75. The first-order valence-electron chi connectivity index (χ1n) is 13.1. The summed E-state index contributed by atoms with van der Waals surface area (Å²) in [5, 5.41) is 10.4. The number of hydrogen-bond acceptors (Lipinski definition) is 4. The number of carboxylic acid groups (broad SMARTS) is 1. The van der Waals surface area contributed by atoms with Crippen molar-refractivity contribution < 1.29 is 18.7 Å². The van der Waals surface area contributed by atoms with Crippen LogP contribution in [0, 0.1) is 11.3 Å². The Bertz CT molecular complexity index is 1540. The smallest absolute Gasteiger partial charge is 0.309 e. The molecule has 2 aromatic heterocycles. The first-order chi connectivity index (χ1) is 18.5. The minimum absolute atomic E-state index is 0.00382. The van der Waals surface area contributed by atoms with Crippen molar-refractivity contribution >= 4 is 28.9 Å². The average molecular weight is 553 g/mol. The van der Waals surface area contributed by atoms with E-state index in [0.29, 0.717) is 41.5 Å². The molecule has 39 heavy (non-hydrogen) atoms. The van der Waals surface area contributed by atoms with Crippen LogP contribution in [-0.4, -0.2) is 25.4 Å². The van der Waals surface area contributed by atoms with Gasteiger partial charge in [0.15, 0.2) is 0 Å². The second-order valence-electron chi connectivity index (χ2n) is 10.8. The normalized spacial score (nSPS) is 20.3. The van der Waals surface area contributed by atoms with Gasteiger partial charge in [-0.25, -0.2) is 18.7 Å². The third-order valence-corrected chi connectivity index (χ3v) is 8.73. The molecule has 0 amide bonds. The summed E-state index contributed by atoms with van der Waals surface area (Å²) in [6, 6.07) is 14.3. The highest BCUT2D eigenvalue weighted by Gasteiger charge is 2.49. The predicted molar refractivity (Wildman–Crippen MR) is 148 cm³/mol. The fourth-order valence-corrected chi connectivity index (χ4v) is 6.17. The maximum absolute atomic E-state index is 13.2. The number of hydrogen-bond donors (Lipinski definition) is 2. The molecule has 5 rings (SSSR count). The molecule has 0 unspecified atom stereocenters. The zero-order valence-corrected chi connectivity index (χ0v) is 22.8. The summed E-state index contributed by atoms with van der Waals surface area (Å²) in [6.07, 6.45) is 0.668. The van der Waals surface area contributed by atoms with E-state index >= 15 is 0 Å². The molecule has 1 fully saturated rings. The fourth-order valence-electron chi connectivity index (χ4n) is 5.95. The van der Waals surface area contributed by atoms with E-state index in [4.69, 9.17) is 22.3 Å². The molecular formula is C30H31ClF2N4O2. The van der Waals surface area contributed by atoms with E-state index < -0.39 is 17.8 Å². The third-order valence-electron chi connectivity index (χ3n) is 8.46. The molecule has 0 spiro atoms. The number of nitrogens with zero attached hydrogens (tertiary/aromatic N) is 3. The molecule has 0 bridgehead atoms. The number of rotatable bonds is 7. The van der Waals surface area contributed by atoms with Gasteiger partial charge in [-0.1, -0.05) is 74.8 Å². The summed E-state index contributed by atoms with van der Waals surface area (Å²) in [6.45, 7) is 5.88. The van der Waals surface area contributed by atoms with Crippen LogP contribution in [-0.2, 0) is 4.79 Å². The third kappa shape index (κ3) is 4.65. The number of alkyl halides is 2. The SMILES string of the molecule is CC(C)[C@]1(C(=O)O)CC[C@@H](c2nc(-c3ccc([C@H](C)c4cccc(C(F)F)c4)cc3)c3c(N)ncc(Cl)n23)C1. The number of aliphatic carboxylic acids is 1. The molecule has 6 nitrogen and oxygen atoms in total. The molecule has 1 saturated carbocycles. The van der Waals surface area contributed by atoms with Crippen LogP contribution < -0.4 is 5.73 Å². The lowest BCUT2D eigenvalue weighted by Crippen LogP contribution is -2.33. The van der Waals surface area contributed by atoms with E-state index in [2.05, 4.69) is 4.98 Å². The second kappa shape index (κ2) is 10.2. The molecule has 0 saturated heterocycles. The quantitative estimate of drug-likeness (QED) is 0.245. The number of imidazole rings is 1. The predicted octanol–water partition coefficient (Wildman–Crippen LogP) is 7.72. The number of halogens is 3. The number of aromatic nitrogens is 3. The topological polar surface area (TPSA) is 93.5 Å². The van der Waals surface area contributed by atoms with Gasteiger partial charge >= 0.3 is 5.97 Å².